The molecule has 1 aliphatic rings. The highest BCUT2D eigenvalue weighted by atomic mass is 35.5. The van der Waals surface area contributed by atoms with Gasteiger partial charge in [-0.3, -0.25) is 4.79 Å². The zero-order valence-corrected chi connectivity index (χ0v) is 11.2. The summed E-state index contributed by atoms with van der Waals surface area (Å²) in [5, 5.41) is 10.5. The molecule has 94 valence electrons. The molecule has 17 heavy (non-hydrogen) atoms. The Morgan fingerprint density at radius 3 is 2.82 bits per heavy atom. The molecule has 1 fully saturated rings. The molecule has 0 spiro atoms. The van der Waals surface area contributed by atoms with Crippen molar-refractivity contribution in [1.29, 1.82) is 0 Å². The second-order valence-corrected chi connectivity index (χ2v) is 5.97. The average Bonchev–Trinajstić information content (AvgIpc) is 2.95. The average molecular weight is 274 g/mol. The largest absolute Gasteiger partial charge is 0.350 e. The van der Waals surface area contributed by atoms with Crippen LogP contribution >= 0.6 is 22.9 Å². The molecule has 0 aromatic carbocycles. The minimum absolute atomic E-state index is 0.166. The Kier molecular flexibility index (Phi) is 4.74. The highest BCUT2D eigenvalue weighted by Crippen LogP contribution is 2.28. The van der Waals surface area contributed by atoms with E-state index in [9.17, 15) is 4.79 Å². The predicted molar refractivity (Wildman–Crippen MR) is 68.4 cm³/mol. The fraction of sp³-hybridized carbons (Fsp3) is 0.727. The van der Waals surface area contributed by atoms with E-state index in [0.29, 0.717) is 16.0 Å². The van der Waals surface area contributed by atoms with Crippen molar-refractivity contribution in [3.05, 3.63) is 9.47 Å². The summed E-state index contributed by atoms with van der Waals surface area (Å²) in [4.78, 5) is 11.6. The Hall–Kier alpha value is -0.680. The van der Waals surface area contributed by atoms with Crippen LogP contribution in [0.15, 0.2) is 0 Å². The number of hydrogen-bond donors (Lipinski definition) is 1. The van der Waals surface area contributed by atoms with E-state index in [-0.39, 0.29) is 5.91 Å². The third-order valence-electron chi connectivity index (χ3n) is 3.14. The summed E-state index contributed by atoms with van der Waals surface area (Å²) >= 11 is 6.73. The molecule has 1 aromatic heterocycles. The topological polar surface area (TPSA) is 54.9 Å². The van der Waals surface area contributed by atoms with Crippen LogP contribution < -0.4 is 5.32 Å². The highest BCUT2D eigenvalue weighted by Gasteiger charge is 2.15. The van der Waals surface area contributed by atoms with Gasteiger partial charge in [0.1, 0.15) is 0 Å². The molecule has 1 aromatic rings. The second kappa shape index (κ2) is 6.31. The molecule has 1 heterocycles. The van der Waals surface area contributed by atoms with E-state index >= 15 is 0 Å². The molecule has 1 N–H and O–H groups in total. The van der Waals surface area contributed by atoms with Gasteiger partial charge in [0.05, 0.1) is 0 Å². The summed E-state index contributed by atoms with van der Waals surface area (Å²) in [5.41, 5.74) is 0. The van der Waals surface area contributed by atoms with Gasteiger partial charge in [-0.25, -0.2) is 0 Å². The van der Waals surface area contributed by atoms with Crippen molar-refractivity contribution in [2.24, 2.45) is 5.92 Å². The van der Waals surface area contributed by atoms with Crippen LogP contribution in [0.3, 0.4) is 0 Å². The molecule has 0 unspecified atom stereocenters. The minimum Gasteiger partial charge on any atom is -0.350 e. The Morgan fingerprint density at radius 2 is 2.18 bits per heavy atom. The third kappa shape index (κ3) is 3.92. The molecule has 0 aliphatic heterocycles. The molecule has 6 heteroatoms. The zero-order valence-electron chi connectivity index (χ0n) is 9.62. The van der Waals surface area contributed by atoms with Crippen LogP contribution in [0.5, 0.6) is 0 Å². The van der Waals surface area contributed by atoms with Crippen molar-refractivity contribution in [1.82, 2.24) is 15.5 Å². The van der Waals surface area contributed by atoms with E-state index in [4.69, 9.17) is 11.6 Å². The lowest BCUT2D eigenvalue weighted by Crippen LogP contribution is -2.24. The molecule has 0 radical (unpaired) electrons. The number of carbonyl (C=O) groups excluding carboxylic acids is 1. The molecule has 4 nitrogen and oxygen atoms in total. The molecule has 1 amide bonds. The summed E-state index contributed by atoms with van der Waals surface area (Å²) < 4.78 is 0.307. The van der Waals surface area contributed by atoms with Crippen molar-refractivity contribution < 1.29 is 4.79 Å². The number of hydrogen-bond acceptors (Lipinski definition) is 4. The van der Waals surface area contributed by atoms with Gasteiger partial charge in [-0.15, -0.1) is 10.2 Å². The van der Waals surface area contributed by atoms with Gasteiger partial charge in [0.15, 0.2) is 0 Å². The number of carbonyl (C=O) groups is 1. The highest BCUT2D eigenvalue weighted by molar-refractivity contribution is 7.17. The van der Waals surface area contributed by atoms with Crippen molar-refractivity contribution in [2.45, 2.75) is 38.5 Å². The Labute approximate surface area is 110 Å². The SMILES string of the molecule is O=C(NCCCC1CCCC1)c1nnc(Cl)s1. The van der Waals surface area contributed by atoms with Crippen LogP contribution in [0.4, 0.5) is 0 Å². The third-order valence-corrected chi connectivity index (χ3v) is 4.16. The van der Waals surface area contributed by atoms with Crippen molar-refractivity contribution in [3.63, 3.8) is 0 Å². The van der Waals surface area contributed by atoms with E-state index in [1.807, 2.05) is 0 Å². The Bertz CT molecular complexity index is 377. The molecule has 2 rings (SSSR count). The van der Waals surface area contributed by atoms with Gasteiger partial charge in [-0.05, 0) is 30.4 Å². The van der Waals surface area contributed by atoms with Gasteiger partial charge in [0, 0.05) is 6.54 Å². The first kappa shape index (κ1) is 12.8. The zero-order chi connectivity index (χ0) is 12.1. The standard InChI is InChI=1S/C11H16ClN3OS/c12-11-15-14-10(17-11)9(16)13-7-3-6-8-4-1-2-5-8/h8H,1-7H2,(H,13,16). The lowest BCUT2D eigenvalue weighted by molar-refractivity contribution is 0.0951. The van der Waals surface area contributed by atoms with Gasteiger partial charge < -0.3 is 5.32 Å². The fourth-order valence-corrected chi connectivity index (χ4v) is 3.01. The number of rotatable bonds is 5. The van der Waals surface area contributed by atoms with Crippen LogP contribution in [-0.4, -0.2) is 22.6 Å². The lowest BCUT2D eigenvalue weighted by Gasteiger charge is -2.08. The smallest absolute Gasteiger partial charge is 0.282 e. The quantitative estimate of drug-likeness (QED) is 0.840. The van der Waals surface area contributed by atoms with Crippen LogP contribution in [0.1, 0.15) is 48.3 Å². The predicted octanol–water partition coefficient (Wildman–Crippen LogP) is 2.89. The Morgan fingerprint density at radius 1 is 1.41 bits per heavy atom. The first-order valence-corrected chi connectivity index (χ1v) is 7.22. The summed E-state index contributed by atoms with van der Waals surface area (Å²) in [6.07, 6.45) is 7.74. The maximum absolute atomic E-state index is 11.6. The maximum Gasteiger partial charge on any atom is 0.282 e. The van der Waals surface area contributed by atoms with Crippen LogP contribution in [0.2, 0.25) is 4.47 Å². The van der Waals surface area contributed by atoms with Crippen LogP contribution in [-0.2, 0) is 0 Å². The monoisotopic (exact) mass is 273 g/mol. The molecule has 1 aliphatic carbocycles. The van der Waals surface area contributed by atoms with Crippen LogP contribution in [0.25, 0.3) is 0 Å². The number of amides is 1. The molecule has 0 atom stereocenters. The molecular weight excluding hydrogens is 258 g/mol. The van der Waals surface area contributed by atoms with Crippen molar-refractivity contribution >= 4 is 28.8 Å². The summed E-state index contributed by atoms with van der Waals surface area (Å²) in [6, 6.07) is 0. The summed E-state index contributed by atoms with van der Waals surface area (Å²) in [7, 11) is 0. The van der Waals surface area contributed by atoms with E-state index < -0.39 is 0 Å². The molecular formula is C11H16ClN3OS. The normalized spacial score (nSPS) is 16.3. The fourth-order valence-electron chi connectivity index (χ4n) is 2.26. The number of halogens is 1. The van der Waals surface area contributed by atoms with E-state index in [1.54, 1.807) is 0 Å². The molecule has 1 saturated carbocycles. The summed E-state index contributed by atoms with van der Waals surface area (Å²) in [5.74, 6) is 0.712. The van der Waals surface area contributed by atoms with E-state index in [2.05, 4.69) is 15.5 Å². The summed E-state index contributed by atoms with van der Waals surface area (Å²) in [6.45, 7) is 0.715. The maximum atomic E-state index is 11.6. The Balaban J connectivity index is 1.63. The second-order valence-electron chi connectivity index (χ2n) is 4.41. The molecule has 0 saturated heterocycles. The van der Waals surface area contributed by atoms with Gasteiger partial charge in [0.2, 0.25) is 9.47 Å². The first-order valence-electron chi connectivity index (χ1n) is 6.03. The lowest BCUT2D eigenvalue weighted by atomic mass is 10.0. The van der Waals surface area contributed by atoms with Crippen LogP contribution in [0, 0.1) is 5.92 Å². The number of aromatic nitrogens is 2. The number of nitrogens with zero attached hydrogens (tertiary/aromatic N) is 2. The van der Waals surface area contributed by atoms with Gasteiger partial charge >= 0.3 is 0 Å². The minimum atomic E-state index is -0.166. The van der Waals surface area contributed by atoms with Gasteiger partial charge in [0.25, 0.3) is 5.91 Å². The van der Waals surface area contributed by atoms with Gasteiger partial charge in [-0.1, -0.05) is 37.0 Å². The number of nitrogens with one attached hydrogen (secondary N) is 1. The van der Waals surface area contributed by atoms with Gasteiger partial charge in [-0.2, -0.15) is 0 Å². The first-order chi connectivity index (χ1) is 8.25. The van der Waals surface area contributed by atoms with E-state index in [0.717, 1.165) is 23.7 Å². The van der Waals surface area contributed by atoms with Crippen molar-refractivity contribution in [2.75, 3.05) is 6.54 Å². The van der Waals surface area contributed by atoms with Crippen molar-refractivity contribution in [3.8, 4) is 0 Å². The van der Waals surface area contributed by atoms with E-state index in [1.165, 1.54) is 32.1 Å². The molecule has 0 bridgehead atoms.